The Kier molecular flexibility index (Phi) is 2.07. The third kappa shape index (κ3) is 1.13. The quantitative estimate of drug-likeness (QED) is 0.748. The molecule has 3 nitrogen and oxygen atoms in total. The highest BCUT2D eigenvalue weighted by Gasteiger charge is 2.68. The molecule has 1 spiro atoms. The molecule has 0 radical (unpaired) electrons. The fourth-order valence-corrected chi connectivity index (χ4v) is 6.65. The van der Waals surface area contributed by atoms with Crippen LogP contribution < -0.4 is 5.32 Å². The molecule has 0 amide bonds. The SMILES string of the molecule is CC12CC3CC(CC(C3)C13CNCC3C(=O)O)C2. The predicted octanol–water partition coefficient (Wildman–Crippen LogP) is 2.12. The molecule has 100 valence electrons. The molecule has 1 heterocycles. The predicted molar refractivity (Wildman–Crippen MR) is 68.1 cm³/mol. The summed E-state index contributed by atoms with van der Waals surface area (Å²) < 4.78 is 0. The summed E-state index contributed by atoms with van der Waals surface area (Å²) in [6.45, 7) is 4.04. The molecule has 2 N–H and O–H groups in total. The summed E-state index contributed by atoms with van der Waals surface area (Å²) in [5, 5.41) is 13.1. The second-order valence-electron chi connectivity index (χ2n) is 7.67. The molecule has 5 rings (SSSR count). The standard InChI is InChI=1S/C15H23NO2/c1-14-5-9-2-10(6-14)4-11(3-9)15(14)8-16-7-12(15)13(17)18/h9-12,16H,2-8H2,1H3,(H,17,18). The van der Waals surface area contributed by atoms with Gasteiger partial charge < -0.3 is 10.4 Å². The fourth-order valence-electron chi connectivity index (χ4n) is 6.65. The van der Waals surface area contributed by atoms with Gasteiger partial charge in [-0.2, -0.15) is 0 Å². The molecule has 0 aromatic rings. The van der Waals surface area contributed by atoms with Crippen molar-refractivity contribution in [1.82, 2.24) is 5.32 Å². The Labute approximate surface area is 108 Å². The van der Waals surface area contributed by atoms with Gasteiger partial charge in [-0.15, -0.1) is 0 Å². The van der Waals surface area contributed by atoms with Crippen molar-refractivity contribution in [2.75, 3.05) is 13.1 Å². The minimum atomic E-state index is -0.561. The summed E-state index contributed by atoms with van der Waals surface area (Å²) in [6, 6.07) is 0. The second kappa shape index (κ2) is 3.30. The van der Waals surface area contributed by atoms with E-state index in [9.17, 15) is 9.90 Å². The zero-order valence-electron chi connectivity index (χ0n) is 11.1. The molecule has 1 aliphatic heterocycles. The first-order chi connectivity index (χ1) is 8.55. The van der Waals surface area contributed by atoms with Crippen LogP contribution in [0.3, 0.4) is 0 Å². The minimum Gasteiger partial charge on any atom is -0.481 e. The average Bonchev–Trinajstić information content (AvgIpc) is 2.70. The van der Waals surface area contributed by atoms with Crippen molar-refractivity contribution in [1.29, 1.82) is 0 Å². The number of nitrogens with one attached hydrogen (secondary N) is 1. The maximum Gasteiger partial charge on any atom is 0.308 e. The van der Waals surface area contributed by atoms with E-state index in [-0.39, 0.29) is 16.7 Å². The molecule has 1 saturated heterocycles. The van der Waals surface area contributed by atoms with Gasteiger partial charge in [-0.25, -0.2) is 0 Å². The Balaban J connectivity index is 1.82. The molecule has 18 heavy (non-hydrogen) atoms. The van der Waals surface area contributed by atoms with E-state index < -0.39 is 5.97 Å². The Bertz CT molecular complexity index is 393. The van der Waals surface area contributed by atoms with Crippen LogP contribution in [0, 0.1) is 34.5 Å². The van der Waals surface area contributed by atoms with Crippen molar-refractivity contribution < 1.29 is 9.90 Å². The van der Waals surface area contributed by atoms with E-state index in [2.05, 4.69) is 12.2 Å². The summed E-state index contributed by atoms with van der Waals surface area (Å²) in [6.07, 6.45) is 6.60. The molecular formula is C15H23NO2. The van der Waals surface area contributed by atoms with Crippen LogP contribution in [0.25, 0.3) is 0 Å². The molecule has 4 saturated carbocycles. The van der Waals surface area contributed by atoms with Gasteiger partial charge in [-0.3, -0.25) is 4.79 Å². The Morgan fingerprint density at radius 2 is 1.89 bits per heavy atom. The number of rotatable bonds is 1. The Hall–Kier alpha value is -0.570. The van der Waals surface area contributed by atoms with Crippen molar-refractivity contribution in [2.45, 2.75) is 39.0 Å². The maximum atomic E-state index is 11.7. The van der Waals surface area contributed by atoms with Crippen LogP contribution >= 0.6 is 0 Å². The van der Waals surface area contributed by atoms with Crippen LogP contribution in [-0.2, 0) is 4.79 Å². The van der Waals surface area contributed by atoms with E-state index in [1.165, 1.54) is 32.1 Å². The van der Waals surface area contributed by atoms with E-state index in [1.54, 1.807) is 0 Å². The van der Waals surface area contributed by atoms with E-state index in [1.807, 2.05) is 0 Å². The summed E-state index contributed by atoms with van der Waals surface area (Å²) in [5.41, 5.74) is 0.348. The summed E-state index contributed by atoms with van der Waals surface area (Å²) >= 11 is 0. The number of carboxylic acids is 1. The average molecular weight is 249 g/mol. The third-order valence-electron chi connectivity index (χ3n) is 6.92. The first-order valence-corrected chi connectivity index (χ1v) is 7.49. The Morgan fingerprint density at radius 1 is 1.22 bits per heavy atom. The number of hydrogen-bond donors (Lipinski definition) is 2. The smallest absolute Gasteiger partial charge is 0.308 e. The summed E-state index contributed by atoms with van der Waals surface area (Å²) in [4.78, 5) is 11.7. The van der Waals surface area contributed by atoms with E-state index in [0.717, 1.165) is 18.4 Å². The van der Waals surface area contributed by atoms with Crippen LogP contribution in [0.2, 0.25) is 0 Å². The first kappa shape index (κ1) is 11.3. The van der Waals surface area contributed by atoms with Gasteiger partial charge >= 0.3 is 5.97 Å². The summed E-state index contributed by atoms with van der Waals surface area (Å²) in [5.74, 6) is 1.76. The molecule has 4 unspecified atom stereocenters. The minimum absolute atomic E-state index is 0.0618. The summed E-state index contributed by atoms with van der Waals surface area (Å²) in [7, 11) is 0. The van der Waals surface area contributed by atoms with Gasteiger partial charge in [-0.05, 0) is 55.3 Å². The molecule has 4 aliphatic carbocycles. The number of carboxylic acid groups (broad SMARTS) is 1. The zero-order valence-corrected chi connectivity index (χ0v) is 11.1. The van der Waals surface area contributed by atoms with Crippen molar-refractivity contribution in [3.8, 4) is 0 Å². The van der Waals surface area contributed by atoms with Gasteiger partial charge in [0.2, 0.25) is 0 Å². The topological polar surface area (TPSA) is 49.3 Å². The Morgan fingerprint density at radius 3 is 2.44 bits per heavy atom. The highest BCUT2D eigenvalue weighted by atomic mass is 16.4. The van der Waals surface area contributed by atoms with Gasteiger partial charge in [0.15, 0.2) is 0 Å². The van der Waals surface area contributed by atoms with Gasteiger partial charge in [0.25, 0.3) is 0 Å². The largest absolute Gasteiger partial charge is 0.481 e. The molecule has 5 fully saturated rings. The van der Waals surface area contributed by atoms with Crippen LogP contribution in [0.1, 0.15) is 39.0 Å². The lowest BCUT2D eigenvalue weighted by Crippen LogP contribution is -2.63. The number of aliphatic carboxylic acids is 1. The third-order valence-corrected chi connectivity index (χ3v) is 6.92. The molecule has 3 heteroatoms. The fraction of sp³-hybridized carbons (Fsp3) is 0.933. The highest BCUT2D eigenvalue weighted by Crippen LogP contribution is 2.71. The van der Waals surface area contributed by atoms with Crippen molar-refractivity contribution >= 4 is 5.97 Å². The van der Waals surface area contributed by atoms with E-state index in [4.69, 9.17) is 0 Å². The molecule has 0 aromatic heterocycles. The molecule has 4 atom stereocenters. The zero-order chi connectivity index (χ0) is 12.5. The van der Waals surface area contributed by atoms with Crippen molar-refractivity contribution in [3.63, 3.8) is 0 Å². The lowest BCUT2D eigenvalue weighted by atomic mass is 9.37. The monoisotopic (exact) mass is 249 g/mol. The van der Waals surface area contributed by atoms with Crippen LogP contribution in [0.5, 0.6) is 0 Å². The van der Waals surface area contributed by atoms with Crippen LogP contribution in [0.15, 0.2) is 0 Å². The molecule has 0 aromatic carbocycles. The van der Waals surface area contributed by atoms with Crippen LogP contribution in [-0.4, -0.2) is 24.2 Å². The van der Waals surface area contributed by atoms with Crippen molar-refractivity contribution in [2.24, 2.45) is 34.5 Å². The van der Waals surface area contributed by atoms with Gasteiger partial charge in [0.05, 0.1) is 5.92 Å². The lowest BCUT2D eigenvalue weighted by molar-refractivity contribution is -0.191. The van der Waals surface area contributed by atoms with Gasteiger partial charge in [0.1, 0.15) is 0 Å². The lowest BCUT2D eigenvalue weighted by Gasteiger charge is -2.67. The number of hydrogen-bond acceptors (Lipinski definition) is 2. The number of carbonyl (C=O) groups is 1. The second-order valence-corrected chi connectivity index (χ2v) is 7.67. The first-order valence-electron chi connectivity index (χ1n) is 7.49. The molecule has 5 aliphatic rings. The molecule has 4 bridgehead atoms. The van der Waals surface area contributed by atoms with Crippen LogP contribution in [0.4, 0.5) is 0 Å². The van der Waals surface area contributed by atoms with Crippen molar-refractivity contribution in [3.05, 3.63) is 0 Å². The van der Waals surface area contributed by atoms with E-state index in [0.29, 0.717) is 12.5 Å². The van der Waals surface area contributed by atoms with Gasteiger partial charge in [0, 0.05) is 18.5 Å². The van der Waals surface area contributed by atoms with E-state index >= 15 is 0 Å². The molecular weight excluding hydrogens is 226 g/mol. The highest BCUT2D eigenvalue weighted by molar-refractivity contribution is 5.72. The van der Waals surface area contributed by atoms with Gasteiger partial charge in [-0.1, -0.05) is 6.92 Å². The maximum absolute atomic E-state index is 11.7. The normalized spacial score (nSPS) is 57.4.